The van der Waals surface area contributed by atoms with E-state index in [1.165, 1.54) is 49.8 Å². The zero-order valence-electron chi connectivity index (χ0n) is 14.5. The fourth-order valence-electron chi connectivity index (χ4n) is 3.99. The van der Waals surface area contributed by atoms with Gasteiger partial charge in [-0.25, -0.2) is 9.97 Å². The average molecular weight is 322 g/mol. The maximum absolute atomic E-state index is 4.72. The standard InChI is InChI=1S/C20H26N4/c1-15-21-19(23-17-10-3-2-4-11-17)14-20(22-15)24-13-7-9-16-8-5-6-12-18(16)24/h5-6,8,12,14,17H,2-4,7,9-11,13H2,1H3,(H,21,22,23). The molecular weight excluding hydrogens is 296 g/mol. The van der Waals surface area contributed by atoms with Gasteiger partial charge in [-0.15, -0.1) is 0 Å². The molecule has 1 fully saturated rings. The van der Waals surface area contributed by atoms with Crippen LogP contribution in [0.2, 0.25) is 0 Å². The molecule has 0 unspecified atom stereocenters. The number of nitrogens with zero attached hydrogens (tertiary/aromatic N) is 3. The van der Waals surface area contributed by atoms with Crippen LogP contribution in [0.3, 0.4) is 0 Å². The van der Waals surface area contributed by atoms with Crippen molar-refractivity contribution in [2.75, 3.05) is 16.8 Å². The third kappa shape index (κ3) is 3.23. The van der Waals surface area contributed by atoms with Gasteiger partial charge in [-0.2, -0.15) is 0 Å². The molecule has 2 heterocycles. The Morgan fingerprint density at radius 3 is 2.75 bits per heavy atom. The second-order valence-corrected chi connectivity index (χ2v) is 7.02. The van der Waals surface area contributed by atoms with Crippen LogP contribution in [0.1, 0.15) is 49.9 Å². The molecule has 4 nitrogen and oxygen atoms in total. The smallest absolute Gasteiger partial charge is 0.138 e. The Hall–Kier alpha value is -2.10. The van der Waals surface area contributed by atoms with Crippen molar-refractivity contribution in [2.24, 2.45) is 0 Å². The number of rotatable bonds is 3. The second kappa shape index (κ2) is 6.80. The first-order valence-electron chi connectivity index (χ1n) is 9.27. The van der Waals surface area contributed by atoms with Gasteiger partial charge in [-0.3, -0.25) is 0 Å². The van der Waals surface area contributed by atoms with E-state index in [0.29, 0.717) is 6.04 Å². The molecule has 1 aliphatic carbocycles. The predicted octanol–water partition coefficient (Wildman–Crippen LogP) is 4.61. The number of anilines is 3. The molecule has 2 aromatic rings. The highest BCUT2D eigenvalue weighted by Gasteiger charge is 2.20. The third-order valence-corrected chi connectivity index (χ3v) is 5.17. The summed E-state index contributed by atoms with van der Waals surface area (Å²) < 4.78 is 0. The molecule has 1 aliphatic heterocycles. The van der Waals surface area contributed by atoms with Crippen LogP contribution >= 0.6 is 0 Å². The van der Waals surface area contributed by atoms with Crippen LogP contribution in [0.4, 0.5) is 17.3 Å². The van der Waals surface area contributed by atoms with Crippen LogP contribution in [-0.4, -0.2) is 22.6 Å². The van der Waals surface area contributed by atoms with E-state index in [9.17, 15) is 0 Å². The summed E-state index contributed by atoms with van der Waals surface area (Å²) in [5.41, 5.74) is 2.72. The fraction of sp³-hybridized carbons (Fsp3) is 0.500. The number of nitrogens with one attached hydrogen (secondary N) is 1. The van der Waals surface area contributed by atoms with Gasteiger partial charge in [0.1, 0.15) is 17.5 Å². The van der Waals surface area contributed by atoms with E-state index in [4.69, 9.17) is 4.98 Å². The van der Waals surface area contributed by atoms with Gasteiger partial charge in [-0.1, -0.05) is 37.5 Å². The lowest BCUT2D eigenvalue weighted by atomic mass is 9.95. The predicted molar refractivity (Wildman–Crippen MR) is 99.0 cm³/mol. The maximum Gasteiger partial charge on any atom is 0.138 e. The normalized spacial score (nSPS) is 18.3. The van der Waals surface area contributed by atoms with Crippen LogP contribution in [0, 0.1) is 6.92 Å². The van der Waals surface area contributed by atoms with Crippen LogP contribution in [-0.2, 0) is 6.42 Å². The third-order valence-electron chi connectivity index (χ3n) is 5.17. The number of fused-ring (bicyclic) bond motifs is 1. The van der Waals surface area contributed by atoms with E-state index in [-0.39, 0.29) is 0 Å². The molecule has 24 heavy (non-hydrogen) atoms. The Balaban J connectivity index is 1.62. The number of para-hydroxylation sites is 1. The summed E-state index contributed by atoms with van der Waals surface area (Å²) in [6.45, 7) is 3.02. The first-order valence-corrected chi connectivity index (χ1v) is 9.27. The summed E-state index contributed by atoms with van der Waals surface area (Å²) >= 11 is 0. The molecule has 0 atom stereocenters. The number of aryl methyl sites for hydroxylation is 2. The Bertz CT molecular complexity index is 707. The largest absolute Gasteiger partial charge is 0.367 e. The number of hydrogen-bond donors (Lipinski definition) is 1. The molecule has 126 valence electrons. The van der Waals surface area contributed by atoms with Gasteiger partial charge < -0.3 is 10.2 Å². The summed E-state index contributed by atoms with van der Waals surface area (Å²) in [6, 6.07) is 11.4. The molecule has 0 spiro atoms. The number of aromatic nitrogens is 2. The monoisotopic (exact) mass is 322 g/mol. The zero-order chi connectivity index (χ0) is 16.4. The van der Waals surface area contributed by atoms with E-state index in [2.05, 4.69) is 45.5 Å². The lowest BCUT2D eigenvalue weighted by molar-refractivity contribution is 0.461. The molecule has 1 saturated carbocycles. The molecule has 0 bridgehead atoms. The minimum Gasteiger partial charge on any atom is -0.367 e. The van der Waals surface area contributed by atoms with Crippen LogP contribution in [0.15, 0.2) is 30.3 Å². The molecule has 1 aromatic carbocycles. The molecule has 0 saturated heterocycles. The minimum atomic E-state index is 0.564. The Morgan fingerprint density at radius 1 is 1.04 bits per heavy atom. The quantitative estimate of drug-likeness (QED) is 0.895. The molecule has 4 rings (SSSR count). The zero-order valence-corrected chi connectivity index (χ0v) is 14.5. The fourth-order valence-corrected chi connectivity index (χ4v) is 3.99. The molecule has 2 aliphatic rings. The lowest BCUT2D eigenvalue weighted by Crippen LogP contribution is -2.27. The molecule has 0 radical (unpaired) electrons. The Morgan fingerprint density at radius 2 is 1.88 bits per heavy atom. The first-order chi connectivity index (χ1) is 11.8. The molecular formula is C20H26N4. The molecule has 1 aromatic heterocycles. The van der Waals surface area contributed by atoms with Crippen molar-refractivity contribution in [2.45, 2.75) is 57.9 Å². The van der Waals surface area contributed by atoms with E-state index in [1.807, 2.05) is 6.92 Å². The highest BCUT2D eigenvalue weighted by Crippen LogP contribution is 2.33. The van der Waals surface area contributed by atoms with Crippen molar-refractivity contribution in [1.29, 1.82) is 0 Å². The van der Waals surface area contributed by atoms with E-state index in [1.54, 1.807) is 0 Å². The average Bonchev–Trinajstić information content (AvgIpc) is 2.61. The van der Waals surface area contributed by atoms with Crippen molar-refractivity contribution >= 4 is 17.3 Å². The number of hydrogen-bond acceptors (Lipinski definition) is 4. The summed E-state index contributed by atoms with van der Waals surface area (Å²) in [5, 5.41) is 3.65. The van der Waals surface area contributed by atoms with E-state index < -0.39 is 0 Å². The van der Waals surface area contributed by atoms with E-state index in [0.717, 1.165) is 30.4 Å². The van der Waals surface area contributed by atoms with Gasteiger partial charge in [0.15, 0.2) is 0 Å². The SMILES string of the molecule is Cc1nc(NC2CCCCC2)cc(N2CCCc3ccccc32)n1. The van der Waals surface area contributed by atoms with Crippen LogP contribution < -0.4 is 10.2 Å². The highest BCUT2D eigenvalue weighted by atomic mass is 15.2. The van der Waals surface area contributed by atoms with Crippen LogP contribution in [0.5, 0.6) is 0 Å². The lowest BCUT2D eigenvalue weighted by Gasteiger charge is -2.31. The van der Waals surface area contributed by atoms with Crippen molar-refractivity contribution in [3.05, 3.63) is 41.7 Å². The van der Waals surface area contributed by atoms with Gasteiger partial charge in [0, 0.05) is 24.3 Å². The van der Waals surface area contributed by atoms with Crippen LogP contribution in [0.25, 0.3) is 0 Å². The summed E-state index contributed by atoms with van der Waals surface area (Å²) in [5.74, 6) is 2.84. The molecule has 4 heteroatoms. The summed E-state index contributed by atoms with van der Waals surface area (Å²) in [4.78, 5) is 11.7. The minimum absolute atomic E-state index is 0.564. The highest BCUT2D eigenvalue weighted by molar-refractivity contribution is 5.67. The van der Waals surface area contributed by atoms with Gasteiger partial charge in [-0.05, 0) is 44.2 Å². The Labute approximate surface area is 144 Å². The van der Waals surface area contributed by atoms with Crippen molar-refractivity contribution < 1.29 is 0 Å². The Kier molecular flexibility index (Phi) is 4.37. The van der Waals surface area contributed by atoms with Gasteiger partial charge in [0.25, 0.3) is 0 Å². The molecule has 1 N–H and O–H groups in total. The van der Waals surface area contributed by atoms with Crippen molar-refractivity contribution in [3.63, 3.8) is 0 Å². The topological polar surface area (TPSA) is 41.1 Å². The van der Waals surface area contributed by atoms with Crippen molar-refractivity contribution in [1.82, 2.24) is 9.97 Å². The second-order valence-electron chi connectivity index (χ2n) is 7.02. The first kappa shape index (κ1) is 15.4. The van der Waals surface area contributed by atoms with Crippen molar-refractivity contribution in [3.8, 4) is 0 Å². The molecule has 0 amide bonds. The maximum atomic E-state index is 4.72. The van der Waals surface area contributed by atoms with Gasteiger partial charge >= 0.3 is 0 Å². The summed E-state index contributed by atoms with van der Waals surface area (Å²) in [7, 11) is 0. The van der Waals surface area contributed by atoms with Gasteiger partial charge in [0.2, 0.25) is 0 Å². The van der Waals surface area contributed by atoms with E-state index >= 15 is 0 Å². The number of benzene rings is 1. The summed E-state index contributed by atoms with van der Waals surface area (Å²) in [6.07, 6.45) is 8.87. The van der Waals surface area contributed by atoms with Gasteiger partial charge in [0.05, 0.1) is 0 Å².